The van der Waals surface area contributed by atoms with E-state index < -0.39 is 12.1 Å². The molecule has 0 saturated carbocycles. The normalized spacial score (nSPS) is 11.3. The molecule has 0 radical (unpaired) electrons. The molecule has 0 aliphatic rings. The minimum Gasteiger partial charge on any atom is -0.316 e. The van der Waals surface area contributed by atoms with Crippen molar-refractivity contribution in [2.45, 2.75) is 6.18 Å². The zero-order valence-electron chi connectivity index (χ0n) is 8.85. The third-order valence-electron chi connectivity index (χ3n) is 1.98. The number of alkyl halides is 3. The molecule has 0 aliphatic heterocycles. The maximum absolute atomic E-state index is 12.0. The standard InChI is InChI=1S/C10H7F3N4O/c11-10(12,13)9(18)16-7-5-15-17(6-7)8-3-1-2-4-14-8/h1-6H,(H,16,18). The van der Waals surface area contributed by atoms with Gasteiger partial charge in [-0.3, -0.25) is 4.79 Å². The van der Waals surface area contributed by atoms with Crippen molar-refractivity contribution in [3.8, 4) is 5.82 Å². The third kappa shape index (κ3) is 2.65. The number of rotatable bonds is 2. The number of nitrogens with zero attached hydrogens (tertiary/aromatic N) is 3. The molecule has 2 aromatic heterocycles. The average Bonchev–Trinajstić information content (AvgIpc) is 2.77. The van der Waals surface area contributed by atoms with Crippen molar-refractivity contribution < 1.29 is 18.0 Å². The number of pyridine rings is 1. The Balaban J connectivity index is 2.15. The molecule has 0 atom stereocenters. The highest BCUT2D eigenvalue weighted by Crippen LogP contribution is 2.18. The first-order valence-electron chi connectivity index (χ1n) is 4.81. The Bertz CT molecular complexity index is 550. The quantitative estimate of drug-likeness (QED) is 0.890. The van der Waals surface area contributed by atoms with Crippen LogP contribution < -0.4 is 5.32 Å². The highest BCUT2D eigenvalue weighted by molar-refractivity contribution is 5.94. The van der Waals surface area contributed by atoms with Gasteiger partial charge in [-0.25, -0.2) is 9.67 Å². The van der Waals surface area contributed by atoms with E-state index in [2.05, 4.69) is 10.1 Å². The van der Waals surface area contributed by atoms with Crippen molar-refractivity contribution in [1.29, 1.82) is 0 Å². The van der Waals surface area contributed by atoms with Crippen molar-refractivity contribution in [2.24, 2.45) is 0 Å². The Morgan fingerprint density at radius 1 is 1.33 bits per heavy atom. The van der Waals surface area contributed by atoms with E-state index in [-0.39, 0.29) is 5.69 Å². The minimum absolute atomic E-state index is 0.0528. The first-order chi connectivity index (χ1) is 8.47. The average molecular weight is 256 g/mol. The van der Waals surface area contributed by atoms with E-state index in [4.69, 9.17) is 0 Å². The lowest BCUT2D eigenvalue weighted by molar-refractivity contribution is -0.167. The van der Waals surface area contributed by atoms with E-state index >= 15 is 0 Å². The molecule has 2 aromatic rings. The van der Waals surface area contributed by atoms with Gasteiger partial charge in [-0.15, -0.1) is 0 Å². The third-order valence-corrected chi connectivity index (χ3v) is 1.98. The topological polar surface area (TPSA) is 59.8 Å². The highest BCUT2D eigenvalue weighted by Gasteiger charge is 2.38. The summed E-state index contributed by atoms with van der Waals surface area (Å²) < 4.78 is 37.3. The van der Waals surface area contributed by atoms with Gasteiger partial charge in [-0.05, 0) is 12.1 Å². The van der Waals surface area contributed by atoms with Gasteiger partial charge < -0.3 is 5.32 Å². The van der Waals surface area contributed by atoms with Crippen LogP contribution in [0.5, 0.6) is 0 Å². The number of aromatic nitrogens is 3. The van der Waals surface area contributed by atoms with Gasteiger partial charge in [0.1, 0.15) is 0 Å². The maximum Gasteiger partial charge on any atom is 0.471 e. The Labute approximate surface area is 99.3 Å². The van der Waals surface area contributed by atoms with Crippen molar-refractivity contribution >= 4 is 11.6 Å². The van der Waals surface area contributed by atoms with E-state index in [0.717, 1.165) is 6.20 Å². The molecule has 2 heterocycles. The summed E-state index contributed by atoms with van der Waals surface area (Å²) in [6.07, 6.45) is -1.05. The highest BCUT2D eigenvalue weighted by atomic mass is 19.4. The summed E-state index contributed by atoms with van der Waals surface area (Å²) in [4.78, 5) is 14.6. The van der Waals surface area contributed by atoms with E-state index in [9.17, 15) is 18.0 Å². The Kier molecular flexibility index (Phi) is 3.00. The Morgan fingerprint density at radius 2 is 2.11 bits per heavy atom. The van der Waals surface area contributed by atoms with Gasteiger partial charge in [0.2, 0.25) is 0 Å². The number of hydrogen-bond donors (Lipinski definition) is 1. The number of amides is 1. The van der Waals surface area contributed by atoms with Crippen LogP contribution in [0.1, 0.15) is 0 Å². The molecule has 94 valence electrons. The van der Waals surface area contributed by atoms with E-state index in [0.29, 0.717) is 5.82 Å². The first kappa shape index (κ1) is 12.1. The van der Waals surface area contributed by atoms with Gasteiger partial charge in [-0.1, -0.05) is 6.07 Å². The SMILES string of the molecule is O=C(Nc1cnn(-c2ccccn2)c1)C(F)(F)F. The fourth-order valence-electron chi connectivity index (χ4n) is 1.20. The van der Waals surface area contributed by atoms with Gasteiger partial charge in [-0.2, -0.15) is 18.3 Å². The van der Waals surface area contributed by atoms with Crippen LogP contribution in [0.2, 0.25) is 0 Å². The van der Waals surface area contributed by atoms with Crippen LogP contribution in [0.25, 0.3) is 5.82 Å². The smallest absolute Gasteiger partial charge is 0.316 e. The number of hydrogen-bond acceptors (Lipinski definition) is 3. The van der Waals surface area contributed by atoms with Crippen LogP contribution in [0.3, 0.4) is 0 Å². The molecule has 18 heavy (non-hydrogen) atoms. The summed E-state index contributed by atoms with van der Waals surface area (Å²) in [6, 6.07) is 5.03. The summed E-state index contributed by atoms with van der Waals surface area (Å²) in [6.45, 7) is 0. The lowest BCUT2D eigenvalue weighted by atomic mass is 10.4. The molecule has 8 heteroatoms. The van der Waals surface area contributed by atoms with Gasteiger partial charge in [0.15, 0.2) is 5.82 Å². The minimum atomic E-state index is -4.92. The van der Waals surface area contributed by atoms with Gasteiger partial charge >= 0.3 is 12.1 Å². The molecule has 1 N–H and O–H groups in total. The number of carbonyl (C=O) groups is 1. The fourth-order valence-corrected chi connectivity index (χ4v) is 1.20. The zero-order chi connectivity index (χ0) is 13.2. The summed E-state index contributed by atoms with van der Waals surface area (Å²) in [5, 5.41) is 5.49. The van der Waals surface area contributed by atoms with Crippen LogP contribution in [-0.4, -0.2) is 26.8 Å². The van der Waals surface area contributed by atoms with E-state index in [1.807, 2.05) is 0 Å². The van der Waals surface area contributed by atoms with Gasteiger partial charge in [0.05, 0.1) is 18.1 Å². The van der Waals surface area contributed by atoms with Crippen molar-refractivity contribution in [2.75, 3.05) is 5.32 Å². The van der Waals surface area contributed by atoms with Gasteiger partial charge in [0, 0.05) is 6.20 Å². The molecule has 1 amide bonds. The molecule has 0 saturated heterocycles. The second-order valence-corrected chi connectivity index (χ2v) is 3.31. The monoisotopic (exact) mass is 256 g/mol. The van der Waals surface area contributed by atoms with Gasteiger partial charge in [0.25, 0.3) is 0 Å². The molecule has 2 rings (SSSR count). The predicted molar refractivity (Wildman–Crippen MR) is 56.0 cm³/mol. The molecule has 0 aromatic carbocycles. The number of nitrogens with one attached hydrogen (secondary N) is 1. The van der Waals surface area contributed by atoms with Crippen LogP contribution in [-0.2, 0) is 4.79 Å². The molecular formula is C10H7F3N4O. The molecule has 0 fully saturated rings. The van der Waals surface area contributed by atoms with Crippen molar-refractivity contribution in [3.05, 3.63) is 36.8 Å². The summed E-state index contributed by atoms with van der Waals surface area (Å²) in [5.41, 5.74) is -0.0528. The molecule has 0 aliphatic carbocycles. The van der Waals surface area contributed by atoms with Crippen LogP contribution in [0.4, 0.5) is 18.9 Å². The summed E-state index contributed by atoms with van der Waals surface area (Å²) >= 11 is 0. The predicted octanol–water partition coefficient (Wildman–Crippen LogP) is 1.77. The molecule has 5 nitrogen and oxygen atoms in total. The van der Waals surface area contributed by atoms with Crippen molar-refractivity contribution in [1.82, 2.24) is 14.8 Å². The first-order valence-corrected chi connectivity index (χ1v) is 4.81. The Hall–Kier alpha value is -2.38. The summed E-state index contributed by atoms with van der Waals surface area (Å²) in [5.74, 6) is -1.60. The maximum atomic E-state index is 12.0. The second-order valence-electron chi connectivity index (χ2n) is 3.31. The van der Waals surface area contributed by atoms with Crippen LogP contribution in [0.15, 0.2) is 36.8 Å². The lowest BCUT2D eigenvalue weighted by Crippen LogP contribution is -2.29. The second kappa shape index (κ2) is 4.47. The van der Waals surface area contributed by atoms with Crippen LogP contribution >= 0.6 is 0 Å². The number of halogens is 3. The van der Waals surface area contributed by atoms with Crippen molar-refractivity contribution in [3.63, 3.8) is 0 Å². The van der Waals surface area contributed by atoms with E-state index in [1.54, 1.807) is 23.5 Å². The molecule has 0 spiro atoms. The molecular weight excluding hydrogens is 249 g/mol. The van der Waals surface area contributed by atoms with E-state index in [1.165, 1.54) is 17.1 Å². The fraction of sp³-hybridized carbons (Fsp3) is 0.100. The largest absolute Gasteiger partial charge is 0.471 e. The molecule has 0 bridgehead atoms. The Morgan fingerprint density at radius 3 is 2.72 bits per heavy atom. The molecule has 0 unspecified atom stereocenters. The number of carbonyl (C=O) groups excluding carboxylic acids is 1. The summed E-state index contributed by atoms with van der Waals surface area (Å²) in [7, 11) is 0. The lowest BCUT2D eigenvalue weighted by Gasteiger charge is -2.04. The van der Waals surface area contributed by atoms with Crippen LogP contribution in [0, 0.1) is 0 Å². The number of anilines is 1. The zero-order valence-corrected chi connectivity index (χ0v) is 8.85.